The Morgan fingerprint density at radius 3 is 2.52 bits per heavy atom. The molecule has 0 saturated carbocycles. The third-order valence-electron chi connectivity index (χ3n) is 5.77. The van der Waals surface area contributed by atoms with Crippen LogP contribution in [0.3, 0.4) is 0 Å². The summed E-state index contributed by atoms with van der Waals surface area (Å²) in [6, 6.07) is 5.30. The maximum Gasteiger partial charge on any atom is 0.263 e. The first-order valence-corrected chi connectivity index (χ1v) is 10.1. The van der Waals surface area contributed by atoms with Crippen molar-refractivity contribution in [1.82, 2.24) is 14.5 Å². The van der Waals surface area contributed by atoms with Crippen LogP contribution >= 0.6 is 0 Å². The Kier molecular flexibility index (Phi) is 4.94. The van der Waals surface area contributed by atoms with Gasteiger partial charge in [-0.05, 0) is 76.1 Å². The Morgan fingerprint density at radius 2 is 1.79 bits per heavy atom. The molecule has 3 aromatic rings. The van der Waals surface area contributed by atoms with E-state index in [-0.39, 0.29) is 11.5 Å². The third kappa shape index (κ3) is 3.55. The fourth-order valence-electron chi connectivity index (χ4n) is 4.19. The van der Waals surface area contributed by atoms with Crippen molar-refractivity contribution in [2.75, 3.05) is 5.32 Å². The molecule has 0 unspecified atom stereocenters. The Hall–Kier alpha value is -3.02. The largest absolute Gasteiger partial charge is 0.324 e. The number of carbonyl (C=O) groups is 1. The van der Waals surface area contributed by atoms with Gasteiger partial charge in [0.2, 0.25) is 5.91 Å². The first-order valence-electron chi connectivity index (χ1n) is 10.1. The van der Waals surface area contributed by atoms with Gasteiger partial charge in [-0.1, -0.05) is 17.7 Å². The molecule has 29 heavy (non-hydrogen) atoms. The number of aryl methyl sites for hydroxylation is 5. The Labute approximate surface area is 170 Å². The second kappa shape index (κ2) is 7.43. The summed E-state index contributed by atoms with van der Waals surface area (Å²) in [5, 5.41) is 3.47. The van der Waals surface area contributed by atoms with Crippen molar-refractivity contribution in [2.24, 2.45) is 0 Å². The number of nitrogens with one attached hydrogen (secondary N) is 1. The van der Waals surface area contributed by atoms with Gasteiger partial charge in [0.05, 0.1) is 5.39 Å². The van der Waals surface area contributed by atoms with Gasteiger partial charge in [0.25, 0.3) is 5.56 Å². The molecule has 1 atom stereocenters. The van der Waals surface area contributed by atoms with Gasteiger partial charge in [-0.2, -0.15) is 0 Å². The first-order chi connectivity index (χ1) is 13.8. The fourth-order valence-corrected chi connectivity index (χ4v) is 4.19. The predicted octanol–water partition coefficient (Wildman–Crippen LogP) is 3.80. The number of pyridine rings is 1. The summed E-state index contributed by atoms with van der Waals surface area (Å²) in [5.41, 5.74) is 6.36. The van der Waals surface area contributed by atoms with Crippen LogP contribution in [0.5, 0.6) is 0 Å². The number of hydrogen-bond acceptors (Lipinski definition) is 4. The van der Waals surface area contributed by atoms with Crippen molar-refractivity contribution in [1.29, 1.82) is 0 Å². The molecule has 1 aliphatic rings. The van der Waals surface area contributed by atoms with Crippen LogP contribution in [0.1, 0.15) is 53.8 Å². The fraction of sp³-hybridized carbons (Fsp3) is 0.391. The van der Waals surface area contributed by atoms with E-state index in [1.165, 1.54) is 10.9 Å². The zero-order chi connectivity index (χ0) is 20.7. The van der Waals surface area contributed by atoms with Gasteiger partial charge in [-0.3, -0.25) is 14.2 Å². The number of carbonyl (C=O) groups excluding carboxylic acids is 1. The lowest BCUT2D eigenvalue weighted by Crippen LogP contribution is -2.32. The molecule has 1 aromatic carbocycles. The van der Waals surface area contributed by atoms with Crippen molar-refractivity contribution in [3.63, 3.8) is 0 Å². The highest BCUT2D eigenvalue weighted by Crippen LogP contribution is 2.24. The first kappa shape index (κ1) is 19.3. The van der Waals surface area contributed by atoms with E-state index in [4.69, 9.17) is 0 Å². The highest BCUT2D eigenvalue weighted by atomic mass is 16.2. The van der Waals surface area contributed by atoms with Crippen LogP contribution in [0.2, 0.25) is 0 Å². The third-order valence-corrected chi connectivity index (χ3v) is 5.77. The van der Waals surface area contributed by atoms with E-state index in [1.807, 2.05) is 39.0 Å². The Balaban J connectivity index is 1.68. The minimum absolute atomic E-state index is 0.226. The van der Waals surface area contributed by atoms with Crippen LogP contribution in [0.4, 0.5) is 5.69 Å². The molecule has 2 aromatic heterocycles. The van der Waals surface area contributed by atoms with Crippen LogP contribution in [-0.4, -0.2) is 20.4 Å². The summed E-state index contributed by atoms with van der Waals surface area (Å²) in [7, 11) is 0. The zero-order valence-corrected chi connectivity index (χ0v) is 17.4. The van der Waals surface area contributed by atoms with Crippen LogP contribution in [0.15, 0.2) is 29.3 Å². The Morgan fingerprint density at radius 1 is 1.10 bits per heavy atom. The highest BCUT2D eigenvalue weighted by Gasteiger charge is 2.21. The lowest BCUT2D eigenvalue weighted by molar-refractivity contribution is -0.118. The molecule has 1 aliphatic carbocycles. The number of fused-ring (bicyclic) bond motifs is 2. The van der Waals surface area contributed by atoms with E-state index < -0.39 is 6.04 Å². The molecule has 2 heterocycles. The van der Waals surface area contributed by atoms with Crippen molar-refractivity contribution in [2.45, 2.75) is 59.4 Å². The van der Waals surface area contributed by atoms with E-state index in [2.05, 4.69) is 15.3 Å². The molecule has 0 saturated heterocycles. The minimum atomic E-state index is -0.685. The summed E-state index contributed by atoms with van der Waals surface area (Å²) in [4.78, 5) is 35.0. The summed E-state index contributed by atoms with van der Waals surface area (Å²) in [6.45, 7) is 7.69. The van der Waals surface area contributed by atoms with Gasteiger partial charge in [0, 0.05) is 11.4 Å². The van der Waals surface area contributed by atoms with Gasteiger partial charge in [-0.25, -0.2) is 9.97 Å². The van der Waals surface area contributed by atoms with Gasteiger partial charge < -0.3 is 5.32 Å². The molecule has 0 bridgehead atoms. The van der Waals surface area contributed by atoms with Crippen molar-refractivity contribution >= 4 is 22.6 Å². The summed E-state index contributed by atoms with van der Waals surface area (Å²) < 4.78 is 1.40. The average Bonchev–Trinajstić information content (AvgIpc) is 2.69. The highest BCUT2D eigenvalue weighted by molar-refractivity contribution is 5.95. The maximum absolute atomic E-state index is 13.1. The van der Waals surface area contributed by atoms with Gasteiger partial charge in [-0.15, -0.1) is 0 Å². The molecule has 0 aliphatic heterocycles. The molecule has 4 rings (SSSR count). The maximum atomic E-state index is 13.1. The zero-order valence-electron chi connectivity index (χ0n) is 17.4. The van der Waals surface area contributed by atoms with Crippen LogP contribution in [-0.2, 0) is 17.6 Å². The van der Waals surface area contributed by atoms with Crippen molar-refractivity contribution in [3.05, 3.63) is 62.8 Å². The average molecular weight is 390 g/mol. The molecule has 0 spiro atoms. The molecule has 150 valence electrons. The molecular weight excluding hydrogens is 364 g/mol. The minimum Gasteiger partial charge on any atom is -0.324 e. The monoisotopic (exact) mass is 390 g/mol. The molecule has 1 N–H and O–H groups in total. The number of hydrogen-bond donors (Lipinski definition) is 1. The summed E-state index contributed by atoms with van der Waals surface area (Å²) in [6.07, 6.45) is 5.55. The predicted molar refractivity (Wildman–Crippen MR) is 114 cm³/mol. The van der Waals surface area contributed by atoms with E-state index in [0.717, 1.165) is 59.3 Å². The number of amides is 1. The lowest BCUT2D eigenvalue weighted by Gasteiger charge is -2.19. The molecular formula is C23H26N4O2. The summed E-state index contributed by atoms with van der Waals surface area (Å²) >= 11 is 0. The molecule has 0 fully saturated rings. The topological polar surface area (TPSA) is 76.9 Å². The van der Waals surface area contributed by atoms with Crippen molar-refractivity contribution in [3.8, 4) is 0 Å². The SMILES string of the molecule is Cc1cc(C)c(NC(=O)[C@H](C)n2cnc3nc4c(cc3c2=O)CCCC4)c(C)c1. The van der Waals surface area contributed by atoms with Crippen LogP contribution in [0.25, 0.3) is 11.0 Å². The molecule has 0 radical (unpaired) electrons. The lowest BCUT2D eigenvalue weighted by atomic mass is 9.95. The smallest absolute Gasteiger partial charge is 0.263 e. The number of aromatic nitrogens is 3. The van der Waals surface area contributed by atoms with Crippen molar-refractivity contribution < 1.29 is 4.79 Å². The van der Waals surface area contributed by atoms with Crippen LogP contribution < -0.4 is 10.9 Å². The number of benzene rings is 1. The van der Waals surface area contributed by atoms with Gasteiger partial charge in [0.1, 0.15) is 12.4 Å². The standard InChI is InChI=1S/C23H26N4O2/c1-13-9-14(2)20(15(3)10-13)26-22(28)16(4)27-12-24-21-18(23(27)29)11-17-7-5-6-8-19(17)25-21/h9-12,16H,5-8H2,1-4H3,(H,26,28)/t16-/m0/s1. The van der Waals surface area contributed by atoms with E-state index >= 15 is 0 Å². The molecule has 1 amide bonds. The number of nitrogens with zero attached hydrogens (tertiary/aromatic N) is 3. The van der Waals surface area contributed by atoms with Gasteiger partial charge in [0.15, 0.2) is 5.65 Å². The normalized spacial score (nSPS) is 14.5. The molecule has 6 heteroatoms. The second-order valence-corrected chi connectivity index (χ2v) is 8.07. The second-order valence-electron chi connectivity index (χ2n) is 8.07. The number of anilines is 1. The van der Waals surface area contributed by atoms with Crippen LogP contribution in [0, 0.1) is 20.8 Å². The quantitative estimate of drug-likeness (QED) is 0.738. The van der Waals surface area contributed by atoms with E-state index in [9.17, 15) is 9.59 Å². The Bertz CT molecular complexity index is 1160. The number of rotatable bonds is 3. The van der Waals surface area contributed by atoms with Gasteiger partial charge >= 0.3 is 0 Å². The van der Waals surface area contributed by atoms with E-state index in [0.29, 0.717) is 11.0 Å². The van der Waals surface area contributed by atoms with E-state index in [1.54, 1.807) is 6.92 Å². The molecule has 6 nitrogen and oxygen atoms in total. The summed E-state index contributed by atoms with van der Waals surface area (Å²) in [5.74, 6) is -0.241.